The van der Waals surface area contributed by atoms with Crippen molar-refractivity contribution in [3.05, 3.63) is 23.7 Å². The van der Waals surface area contributed by atoms with E-state index < -0.39 is 11.9 Å². The maximum Gasteiger partial charge on any atom is 3.00 e. The Labute approximate surface area is 155 Å². The molecule has 0 spiro atoms. The minimum Gasteiger partial charge on any atom is -0.875 e. The molecule has 0 bridgehead atoms. The average Bonchev–Trinajstić information content (AvgIpc) is 2.39. The van der Waals surface area contributed by atoms with Crippen LogP contribution in [0.2, 0.25) is 0 Å². The van der Waals surface area contributed by atoms with Crippen LogP contribution in [0, 0.1) is 0 Å². The molecule has 0 aliphatic rings. The zero-order valence-electron chi connectivity index (χ0n) is 15.1. The molecular formula is C16H27AlO7. The molecule has 0 heterocycles. The summed E-state index contributed by atoms with van der Waals surface area (Å²) in [6, 6.07) is 0. The molecule has 0 aromatic rings. The molecule has 0 radical (unpaired) electrons. The van der Waals surface area contributed by atoms with Crippen molar-refractivity contribution in [2.45, 2.75) is 47.5 Å². The Balaban J connectivity index is -0.000000128. The average molecular weight is 358 g/mol. The van der Waals surface area contributed by atoms with Crippen molar-refractivity contribution in [1.29, 1.82) is 0 Å². The van der Waals surface area contributed by atoms with Gasteiger partial charge < -0.3 is 24.8 Å². The van der Waals surface area contributed by atoms with Gasteiger partial charge in [0.05, 0.1) is 13.2 Å². The summed E-state index contributed by atoms with van der Waals surface area (Å²) in [5, 5.41) is 29.9. The van der Waals surface area contributed by atoms with E-state index in [0.29, 0.717) is 13.2 Å². The van der Waals surface area contributed by atoms with Gasteiger partial charge in [-0.15, -0.1) is 18.1 Å². The first kappa shape index (κ1) is 30.4. The second-order valence-electron chi connectivity index (χ2n) is 4.07. The smallest absolute Gasteiger partial charge is 0.875 e. The molecule has 0 aromatic carbocycles. The predicted molar refractivity (Wildman–Crippen MR) is 86.3 cm³/mol. The van der Waals surface area contributed by atoms with E-state index in [1.165, 1.54) is 13.8 Å². The molecule has 0 amide bonds. The molecule has 0 aliphatic carbocycles. The Hall–Kier alpha value is -1.49. The van der Waals surface area contributed by atoms with Crippen LogP contribution in [0.3, 0.4) is 0 Å². The molecule has 0 saturated carbocycles. The Morgan fingerprint density at radius 2 is 1.21 bits per heavy atom. The molecule has 0 fully saturated rings. The number of ether oxygens (including phenoxy) is 2. The zero-order chi connectivity index (χ0) is 18.7. The topological polar surface area (TPSA) is 122 Å². The first-order valence-electron chi connectivity index (χ1n) is 7.37. The fourth-order valence-electron chi connectivity index (χ4n) is 0.844. The number of carbonyl (C=O) groups is 2. The standard InChI is InChI=1S/2C6H10O3.C4H9O.Al/c2*1-3-9-6(8)4-5(2)7;1-2-3-4-5;/h2*4,7H,3H2,1-2H3;2-4H2,1H3;/q;;-1;+3/p-2/b2*5-4-;;. The van der Waals surface area contributed by atoms with Gasteiger partial charge in [-0.05, 0) is 13.8 Å². The normalized spacial score (nSPS) is 10.1. The van der Waals surface area contributed by atoms with Crippen LogP contribution >= 0.6 is 0 Å². The fourth-order valence-corrected chi connectivity index (χ4v) is 0.844. The van der Waals surface area contributed by atoms with Gasteiger partial charge in [0.25, 0.3) is 0 Å². The van der Waals surface area contributed by atoms with E-state index in [2.05, 4.69) is 9.47 Å². The van der Waals surface area contributed by atoms with Crippen LogP contribution in [-0.2, 0) is 19.1 Å². The predicted octanol–water partition coefficient (Wildman–Crippen LogP) is -0.607. The van der Waals surface area contributed by atoms with E-state index in [0.717, 1.165) is 25.0 Å². The van der Waals surface area contributed by atoms with Crippen LogP contribution in [-0.4, -0.2) is 49.1 Å². The summed E-state index contributed by atoms with van der Waals surface area (Å²) >= 11 is 0. The van der Waals surface area contributed by atoms with E-state index in [4.69, 9.17) is 0 Å². The third-order valence-electron chi connectivity index (χ3n) is 1.71. The summed E-state index contributed by atoms with van der Waals surface area (Å²) in [7, 11) is 0. The Bertz CT molecular complexity index is 323. The largest absolute Gasteiger partial charge is 3.00 e. The van der Waals surface area contributed by atoms with Crippen molar-refractivity contribution in [2.24, 2.45) is 0 Å². The van der Waals surface area contributed by atoms with Crippen LogP contribution in [0.5, 0.6) is 0 Å². The van der Waals surface area contributed by atoms with E-state index in [9.17, 15) is 24.9 Å². The summed E-state index contributed by atoms with van der Waals surface area (Å²) < 4.78 is 8.87. The van der Waals surface area contributed by atoms with Crippen LogP contribution < -0.4 is 15.3 Å². The van der Waals surface area contributed by atoms with E-state index in [1.807, 2.05) is 6.92 Å². The number of rotatable bonds is 6. The minimum atomic E-state index is -0.565. The number of hydrogen-bond donors (Lipinski definition) is 0. The second-order valence-corrected chi connectivity index (χ2v) is 4.07. The van der Waals surface area contributed by atoms with Crippen molar-refractivity contribution in [2.75, 3.05) is 19.8 Å². The first-order valence-corrected chi connectivity index (χ1v) is 7.37. The SMILES string of the molecule is CCCC[O-].CCOC(=O)/C=C(/C)[O-].CCOC(=O)/C=C(/C)[O-].[Al+3]. The first-order chi connectivity index (χ1) is 10.7. The summed E-state index contributed by atoms with van der Waals surface area (Å²) in [6.45, 7) is 8.70. The summed E-state index contributed by atoms with van der Waals surface area (Å²) in [5.74, 6) is -1.70. The molecule has 0 N–H and O–H groups in total. The van der Waals surface area contributed by atoms with Crippen molar-refractivity contribution in [3.8, 4) is 0 Å². The van der Waals surface area contributed by atoms with Crippen molar-refractivity contribution < 1.29 is 34.4 Å². The van der Waals surface area contributed by atoms with Gasteiger partial charge in [0.2, 0.25) is 0 Å². The molecule has 7 nitrogen and oxygen atoms in total. The van der Waals surface area contributed by atoms with Gasteiger partial charge in [0.15, 0.2) is 0 Å². The molecule has 24 heavy (non-hydrogen) atoms. The quantitative estimate of drug-likeness (QED) is 0.269. The van der Waals surface area contributed by atoms with Crippen LogP contribution in [0.25, 0.3) is 0 Å². The second kappa shape index (κ2) is 23.8. The number of unbranched alkanes of at least 4 members (excludes halogenated alkanes) is 1. The van der Waals surface area contributed by atoms with E-state index in [-0.39, 0.29) is 35.5 Å². The van der Waals surface area contributed by atoms with Crippen molar-refractivity contribution in [3.63, 3.8) is 0 Å². The van der Waals surface area contributed by atoms with Gasteiger partial charge in [-0.1, -0.05) is 33.6 Å². The zero-order valence-corrected chi connectivity index (χ0v) is 16.3. The van der Waals surface area contributed by atoms with Gasteiger partial charge in [-0.2, -0.15) is 0 Å². The van der Waals surface area contributed by atoms with Gasteiger partial charge >= 0.3 is 29.3 Å². The fraction of sp³-hybridized carbons (Fsp3) is 0.625. The molecule has 0 unspecified atom stereocenters. The molecule has 0 aliphatic heterocycles. The number of allylic oxidation sites excluding steroid dienone is 2. The van der Waals surface area contributed by atoms with E-state index in [1.54, 1.807) is 13.8 Å². The van der Waals surface area contributed by atoms with Gasteiger partial charge in [0, 0.05) is 12.2 Å². The van der Waals surface area contributed by atoms with Gasteiger partial charge in [-0.3, -0.25) is 0 Å². The Morgan fingerprint density at radius 3 is 1.33 bits per heavy atom. The van der Waals surface area contributed by atoms with Crippen LogP contribution in [0.15, 0.2) is 23.7 Å². The number of carbonyl (C=O) groups excluding carboxylic acids is 2. The number of esters is 2. The third kappa shape index (κ3) is 37.1. The summed E-state index contributed by atoms with van der Waals surface area (Å²) in [4.78, 5) is 20.7. The summed E-state index contributed by atoms with van der Waals surface area (Å²) in [5.41, 5.74) is 0. The van der Waals surface area contributed by atoms with Gasteiger partial charge in [0.1, 0.15) is 0 Å². The monoisotopic (exact) mass is 358 g/mol. The maximum absolute atomic E-state index is 10.4. The molecule has 136 valence electrons. The maximum atomic E-state index is 10.4. The van der Waals surface area contributed by atoms with Gasteiger partial charge in [-0.25, -0.2) is 9.59 Å². The molecule has 0 atom stereocenters. The van der Waals surface area contributed by atoms with Crippen LogP contribution in [0.1, 0.15) is 47.5 Å². The van der Waals surface area contributed by atoms with Crippen molar-refractivity contribution in [1.82, 2.24) is 0 Å². The third-order valence-corrected chi connectivity index (χ3v) is 1.71. The van der Waals surface area contributed by atoms with Crippen LogP contribution in [0.4, 0.5) is 0 Å². The summed E-state index contributed by atoms with van der Waals surface area (Å²) in [6.07, 6.45) is 3.70. The number of hydrogen-bond acceptors (Lipinski definition) is 7. The van der Waals surface area contributed by atoms with E-state index >= 15 is 0 Å². The molecule has 8 heteroatoms. The molecule has 0 aromatic heterocycles. The molecular weight excluding hydrogens is 331 g/mol. The molecule has 0 saturated heterocycles. The Morgan fingerprint density at radius 1 is 0.875 bits per heavy atom. The minimum absolute atomic E-state index is 0. The van der Waals surface area contributed by atoms with Crippen molar-refractivity contribution >= 4 is 29.3 Å². The molecule has 0 rings (SSSR count). The Kier molecular flexibility index (Phi) is 30.1.